The first-order valence-electron chi connectivity index (χ1n) is 6.32. The van der Waals surface area contributed by atoms with Gasteiger partial charge in [-0.05, 0) is 37.1 Å². The number of nitrogens with two attached hydrogens (primary N) is 1. The van der Waals surface area contributed by atoms with Gasteiger partial charge in [-0.15, -0.1) is 0 Å². The highest BCUT2D eigenvalue weighted by Crippen LogP contribution is 2.16. The number of aryl methyl sites for hydroxylation is 1. The van der Waals surface area contributed by atoms with Crippen LogP contribution >= 0.6 is 0 Å². The van der Waals surface area contributed by atoms with E-state index in [1.807, 2.05) is 6.07 Å². The summed E-state index contributed by atoms with van der Waals surface area (Å²) in [6, 6.07) is 5.45. The lowest BCUT2D eigenvalue weighted by Crippen LogP contribution is -2.17. The molecular formula is C15H16N2O3. The number of hydrogen-bond acceptors (Lipinski definition) is 3. The number of aromatic carboxylic acids is 1. The number of nitrogens with zero attached hydrogens (tertiary/aromatic N) is 1. The molecule has 5 heteroatoms. The molecule has 0 bridgehead atoms. The first kappa shape index (κ1) is 14.0. The monoisotopic (exact) mass is 272 g/mol. The molecule has 0 unspecified atom stereocenters. The standard InChI is InChI=1S/C15H16N2O3/c1-2-17-9-12(15(19)20)14(18)11-8-10(4-3-7-16)5-6-13(11)17/h2,5-6,8-9H,1,3-4,7,16H2,(H,19,20). The fourth-order valence-corrected chi connectivity index (χ4v) is 2.17. The highest BCUT2D eigenvalue weighted by molar-refractivity contribution is 5.93. The number of fused-ring (bicyclic) bond motifs is 1. The van der Waals surface area contributed by atoms with Gasteiger partial charge in [-0.2, -0.15) is 0 Å². The van der Waals surface area contributed by atoms with Crippen LogP contribution in [-0.2, 0) is 6.42 Å². The van der Waals surface area contributed by atoms with Gasteiger partial charge in [0.1, 0.15) is 5.56 Å². The van der Waals surface area contributed by atoms with E-state index in [1.165, 1.54) is 12.4 Å². The van der Waals surface area contributed by atoms with Gasteiger partial charge in [0.25, 0.3) is 0 Å². The number of benzene rings is 1. The van der Waals surface area contributed by atoms with Gasteiger partial charge in [-0.1, -0.05) is 12.6 Å². The smallest absolute Gasteiger partial charge is 0.341 e. The summed E-state index contributed by atoms with van der Waals surface area (Å²) >= 11 is 0. The van der Waals surface area contributed by atoms with Crippen molar-refractivity contribution in [1.29, 1.82) is 0 Å². The maximum Gasteiger partial charge on any atom is 0.341 e. The molecule has 5 nitrogen and oxygen atoms in total. The van der Waals surface area contributed by atoms with E-state index in [4.69, 9.17) is 10.8 Å². The average Bonchev–Trinajstić information content (AvgIpc) is 2.45. The van der Waals surface area contributed by atoms with Crippen molar-refractivity contribution in [3.63, 3.8) is 0 Å². The quantitative estimate of drug-likeness (QED) is 0.867. The van der Waals surface area contributed by atoms with Crippen LogP contribution in [0.15, 0.2) is 35.8 Å². The molecule has 1 aromatic carbocycles. The van der Waals surface area contributed by atoms with Crippen LogP contribution in [0.3, 0.4) is 0 Å². The normalized spacial score (nSPS) is 10.7. The summed E-state index contributed by atoms with van der Waals surface area (Å²) < 4.78 is 1.55. The van der Waals surface area contributed by atoms with E-state index in [1.54, 1.807) is 16.7 Å². The number of pyridine rings is 1. The fourth-order valence-electron chi connectivity index (χ4n) is 2.17. The maximum atomic E-state index is 12.2. The van der Waals surface area contributed by atoms with Crippen molar-refractivity contribution in [3.05, 3.63) is 52.3 Å². The molecule has 0 atom stereocenters. The van der Waals surface area contributed by atoms with E-state index in [9.17, 15) is 9.59 Å². The van der Waals surface area contributed by atoms with Gasteiger partial charge >= 0.3 is 5.97 Å². The molecule has 0 aliphatic rings. The zero-order valence-corrected chi connectivity index (χ0v) is 11.0. The van der Waals surface area contributed by atoms with Crippen molar-refractivity contribution < 1.29 is 9.90 Å². The van der Waals surface area contributed by atoms with Crippen LogP contribution < -0.4 is 11.2 Å². The topological polar surface area (TPSA) is 85.3 Å². The lowest BCUT2D eigenvalue weighted by Gasteiger charge is -2.09. The zero-order valence-electron chi connectivity index (χ0n) is 11.0. The molecule has 1 aromatic heterocycles. The molecule has 2 rings (SSSR count). The van der Waals surface area contributed by atoms with E-state index in [-0.39, 0.29) is 5.56 Å². The van der Waals surface area contributed by atoms with Gasteiger partial charge in [-0.3, -0.25) is 4.79 Å². The van der Waals surface area contributed by atoms with E-state index < -0.39 is 11.4 Å². The van der Waals surface area contributed by atoms with Crippen molar-refractivity contribution >= 4 is 23.1 Å². The Bertz CT molecular complexity index is 732. The summed E-state index contributed by atoms with van der Waals surface area (Å²) in [6.07, 6.45) is 4.35. The van der Waals surface area contributed by atoms with Gasteiger partial charge in [0.05, 0.1) is 5.52 Å². The Balaban J connectivity index is 2.71. The van der Waals surface area contributed by atoms with Crippen molar-refractivity contribution in [2.75, 3.05) is 6.54 Å². The van der Waals surface area contributed by atoms with E-state index in [2.05, 4.69) is 6.58 Å². The van der Waals surface area contributed by atoms with Gasteiger partial charge < -0.3 is 15.4 Å². The molecule has 0 aliphatic carbocycles. The van der Waals surface area contributed by atoms with Crippen LogP contribution in [0.2, 0.25) is 0 Å². The highest BCUT2D eigenvalue weighted by atomic mass is 16.4. The van der Waals surface area contributed by atoms with Crippen LogP contribution in [-0.4, -0.2) is 22.2 Å². The summed E-state index contributed by atoms with van der Waals surface area (Å²) in [5.74, 6) is -1.24. The minimum absolute atomic E-state index is 0.256. The number of rotatable bonds is 5. The van der Waals surface area contributed by atoms with Crippen LogP contribution in [0.5, 0.6) is 0 Å². The number of aromatic nitrogens is 1. The number of carboxylic acid groups (broad SMARTS) is 1. The van der Waals surface area contributed by atoms with Crippen LogP contribution in [0.25, 0.3) is 17.1 Å². The summed E-state index contributed by atoms with van der Waals surface area (Å²) in [5.41, 5.74) is 6.36. The van der Waals surface area contributed by atoms with Crippen LogP contribution in [0, 0.1) is 0 Å². The average molecular weight is 272 g/mol. The molecule has 0 fully saturated rings. The third-order valence-corrected chi connectivity index (χ3v) is 3.19. The molecule has 2 aromatic rings. The Kier molecular flexibility index (Phi) is 4.00. The van der Waals surface area contributed by atoms with Crippen LogP contribution in [0.4, 0.5) is 0 Å². The van der Waals surface area contributed by atoms with E-state index in [0.29, 0.717) is 17.4 Å². The predicted molar refractivity (Wildman–Crippen MR) is 78.9 cm³/mol. The first-order valence-corrected chi connectivity index (χ1v) is 6.32. The number of carbonyl (C=O) groups is 1. The van der Waals surface area contributed by atoms with Crippen molar-refractivity contribution in [2.45, 2.75) is 12.8 Å². The minimum Gasteiger partial charge on any atom is -0.477 e. The largest absolute Gasteiger partial charge is 0.477 e. The molecule has 1 heterocycles. The molecule has 0 aliphatic heterocycles. The van der Waals surface area contributed by atoms with E-state index in [0.717, 1.165) is 18.4 Å². The second-order valence-electron chi connectivity index (χ2n) is 4.51. The van der Waals surface area contributed by atoms with Gasteiger partial charge in [0.15, 0.2) is 0 Å². The Labute approximate surface area is 115 Å². The Morgan fingerprint density at radius 3 is 2.80 bits per heavy atom. The van der Waals surface area contributed by atoms with Crippen molar-refractivity contribution in [3.8, 4) is 0 Å². The molecule has 20 heavy (non-hydrogen) atoms. The third-order valence-electron chi connectivity index (χ3n) is 3.19. The molecule has 104 valence electrons. The Morgan fingerprint density at radius 2 is 2.20 bits per heavy atom. The summed E-state index contributed by atoms with van der Waals surface area (Å²) in [7, 11) is 0. The first-order chi connectivity index (χ1) is 9.58. The molecular weight excluding hydrogens is 256 g/mol. The molecule has 0 radical (unpaired) electrons. The lowest BCUT2D eigenvalue weighted by molar-refractivity contribution is 0.0695. The summed E-state index contributed by atoms with van der Waals surface area (Å²) in [4.78, 5) is 23.3. The molecule has 3 N–H and O–H groups in total. The van der Waals surface area contributed by atoms with E-state index >= 15 is 0 Å². The SMILES string of the molecule is C=Cn1cc(C(=O)O)c(=O)c2cc(CCCN)ccc21. The molecule has 0 saturated carbocycles. The predicted octanol–water partition coefficient (Wildman–Crippen LogP) is 1.69. The number of hydrogen-bond donors (Lipinski definition) is 2. The second-order valence-corrected chi connectivity index (χ2v) is 4.51. The maximum absolute atomic E-state index is 12.2. The Hall–Kier alpha value is -2.40. The molecule has 0 spiro atoms. The molecule has 0 saturated heterocycles. The number of carboxylic acids is 1. The zero-order chi connectivity index (χ0) is 14.7. The van der Waals surface area contributed by atoms with Crippen LogP contribution in [0.1, 0.15) is 22.3 Å². The van der Waals surface area contributed by atoms with Crippen molar-refractivity contribution in [1.82, 2.24) is 4.57 Å². The van der Waals surface area contributed by atoms with Gasteiger partial charge in [0.2, 0.25) is 5.43 Å². The summed E-state index contributed by atoms with van der Waals surface area (Å²) in [5, 5.41) is 9.48. The van der Waals surface area contributed by atoms with Gasteiger partial charge in [0, 0.05) is 17.8 Å². The fraction of sp³-hybridized carbons (Fsp3) is 0.200. The lowest BCUT2D eigenvalue weighted by atomic mass is 10.0. The summed E-state index contributed by atoms with van der Waals surface area (Å²) in [6.45, 7) is 4.21. The molecule has 0 amide bonds. The minimum atomic E-state index is -1.24. The highest BCUT2D eigenvalue weighted by Gasteiger charge is 2.13. The van der Waals surface area contributed by atoms with Crippen molar-refractivity contribution in [2.24, 2.45) is 5.73 Å². The van der Waals surface area contributed by atoms with Gasteiger partial charge in [-0.25, -0.2) is 4.79 Å². The third kappa shape index (κ3) is 2.48. The second kappa shape index (κ2) is 5.71. The Morgan fingerprint density at radius 1 is 1.45 bits per heavy atom.